The molecule has 0 aliphatic heterocycles. The van der Waals surface area contributed by atoms with Crippen molar-refractivity contribution in [3.63, 3.8) is 0 Å². The van der Waals surface area contributed by atoms with Crippen molar-refractivity contribution < 1.29 is 21.1 Å². The monoisotopic (exact) mass is 176 g/mol. The number of rotatable bonds is 2. The molecule has 6 heteroatoms. The molecule has 0 saturated carbocycles. The second-order valence-electron chi connectivity index (χ2n) is 2.34. The molecule has 0 rings (SSSR count). The Kier molecular flexibility index (Phi) is 2.35. The molecule has 10 heavy (non-hydrogen) atoms. The lowest BCUT2D eigenvalue weighted by Crippen LogP contribution is -2.36. The van der Waals surface area contributed by atoms with Crippen LogP contribution in [-0.4, -0.2) is 19.6 Å². The summed E-state index contributed by atoms with van der Waals surface area (Å²) in [6, 6.07) is 0. The molecule has 0 aliphatic carbocycles. The van der Waals surface area contributed by atoms with Gasteiger partial charge in [-0.2, -0.15) is 8.42 Å². The normalized spacial score (nSPS) is 14.2. The summed E-state index contributed by atoms with van der Waals surface area (Å²) in [5, 5.41) is 0. The van der Waals surface area contributed by atoms with E-state index in [1.807, 2.05) is 0 Å². The van der Waals surface area contributed by atoms with E-state index in [0.29, 0.717) is 13.8 Å². The van der Waals surface area contributed by atoms with Gasteiger partial charge >= 0.3 is 10.2 Å². The van der Waals surface area contributed by atoms with Crippen molar-refractivity contribution in [2.24, 2.45) is 0 Å². The molecule has 0 amide bonds. The van der Waals surface area contributed by atoms with Crippen LogP contribution in [-0.2, 0) is 10.2 Å². The van der Waals surface area contributed by atoms with Gasteiger partial charge in [-0.05, 0) is 13.8 Å². The van der Waals surface area contributed by atoms with Crippen molar-refractivity contribution in [2.45, 2.75) is 25.0 Å². The molecule has 0 bridgehead atoms. The van der Waals surface area contributed by atoms with E-state index in [9.17, 15) is 21.1 Å². The summed E-state index contributed by atoms with van der Waals surface area (Å²) in [6.45, 7) is 1.26. The van der Waals surface area contributed by atoms with Crippen LogP contribution in [0, 0.1) is 0 Å². The van der Waals surface area contributed by atoms with Gasteiger partial charge in [0.15, 0.2) is 4.75 Å². The molecule has 0 saturated heterocycles. The topological polar surface area (TPSA) is 34.1 Å². The summed E-state index contributed by atoms with van der Waals surface area (Å²) in [7, 11) is -5.15. The molecular weight excluding hydrogens is 169 g/mol. The van der Waals surface area contributed by atoms with Gasteiger partial charge in [-0.25, -0.2) is 8.78 Å². The maximum Gasteiger partial charge on any atom is 0.313 e. The fourth-order valence-corrected chi connectivity index (χ4v) is 0.319. The lowest BCUT2D eigenvalue weighted by atomic mass is 10.2. The molecule has 0 spiro atoms. The molecule has 0 atom stereocenters. The first-order valence-electron chi connectivity index (χ1n) is 2.42. The molecule has 2 nitrogen and oxygen atoms in total. The standard InChI is InChI=1S/C4H7F3O2S/c1-4(2,3(5)6)10(7,8)9/h3H,1-2H3. The van der Waals surface area contributed by atoms with Crippen molar-refractivity contribution in [3.8, 4) is 0 Å². The van der Waals surface area contributed by atoms with Crippen molar-refractivity contribution in [3.05, 3.63) is 0 Å². The van der Waals surface area contributed by atoms with Gasteiger partial charge < -0.3 is 0 Å². The predicted octanol–water partition coefficient (Wildman–Crippen LogP) is 1.33. The Morgan fingerprint density at radius 1 is 1.30 bits per heavy atom. The third kappa shape index (κ3) is 1.62. The second kappa shape index (κ2) is 2.41. The summed E-state index contributed by atoms with van der Waals surface area (Å²) in [6.07, 6.45) is -3.21. The van der Waals surface area contributed by atoms with Gasteiger partial charge in [-0.15, -0.1) is 3.89 Å². The third-order valence-corrected chi connectivity index (χ3v) is 2.59. The van der Waals surface area contributed by atoms with E-state index in [1.54, 1.807) is 0 Å². The highest BCUT2D eigenvalue weighted by atomic mass is 32.3. The van der Waals surface area contributed by atoms with Crippen LogP contribution in [0.15, 0.2) is 0 Å². The van der Waals surface area contributed by atoms with Crippen LogP contribution in [0.2, 0.25) is 0 Å². The summed E-state index contributed by atoms with van der Waals surface area (Å²) in [5.41, 5.74) is 0. The smallest absolute Gasteiger partial charge is 0.209 e. The zero-order valence-corrected chi connectivity index (χ0v) is 6.25. The summed E-state index contributed by atoms with van der Waals surface area (Å²) < 4.78 is 52.6. The first-order chi connectivity index (χ1) is 4.19. The first kappa shape index (κ1) is 9.74. The number of hydrogen-bond acceptors (Lipinski definition) is 2. The Morgan fingerprint density at radius 3 is 1.60 bits per heavy atom. The molecule has 0 N–H and O–H groups in total. The highest BCUT2D eigenvalue weighted by molar-refractivity contribution is 7.87. The second-order valence-corrected chi connectivity index (χ2v) is 4.27. The summed E-state index contributed by atoms with van der Waals surface area (Å²) in [5.74, 6) is 0. The summed E-state index contributed by atoms with van der Waals surface area (Å²) in [4.78, 5) is 0. The van der Waals surface area contributed by atoms with Gasteiger partial charge in [0.2, 0.25) is 0 Å². The van der Waals surface area contributed by atoms with Crippen LogP contribution in [0.5, 0.6) is 0 Å². The quantitative estimate of drug-likeness (QED) is 0.595. The van der Waals surface area contributed by atoms with E-state index in [-0.39, 0.29) is 0 Å². The molecule has 62 valence electrons. The van der Waals surface area contributed by atoms with Gasteiger partial charge in [0.25, 0.3) is 6.43 Å². The molecule has 0 aromatic rings. The molecule has 0 fully saturated rings. The Morgan fingerprint density at radius 2 is 1.60 bits per heavy atom. The number of alkyl halides is 2. The summed E-state index contributed by atoms with van der Waals surface area (Å²) >= 11 is 0. The minimum atomic E-state index is -5.15. The Hall–Kier alpha value is -0.260. The van der Waals surface area contributed by atoms with E-state index in [1.165, 1.54) is 0 Å². The van der Waals surface area contributed by atoms with Gasteiger partial charge in [-0.1, -0.05) is 0 Å². The zero-order chi connectivity index (χ0) is 8.58. The van der Waals surface area contributed by atoms with Crippen LogP contribution in [0.25, 0.3) is 0 Å². The van der Waals surface area contributed by atoms with Gasteiger partial charge in [0.05, 0.1) is 0 Å². The average molecular weight is 176 g/mol. The van der Waals surface area contributed by atoms with Crippen LogP contribution < -0.4 is 0 Å². The largest absolute Gasteiger partial charge is 0.313 e. The maximum absolute atomic E-state index is 11.9. The van der Waals surface area contributed by atoms with Gasteiger partial charge in [0.1, 0.15) is 0 Å². The van der Waals surface area contributed by atoms with Crippen LogP contribution in [0.4, 0.5) is 12.7 Å². The van der Waals surface area contributed by atoms with E-state index in [4.69, 9.17) is 0 Å². The number of halogens is 3. The van der Waals surface area contributed by atoms with Crippen molar-refractivity contribution in [1.82, 2.24) is 0 Å². The molecule has 0 aromatic carbocycles. The molecule has 0 heterocycles. The van der Waals surface area contributed by atoms with Crippen molar-refractivity contribution in [2.75, 3.05) is 0 Å². The molecule has 0 radical (unpaired) electrons. The van der Waals surface area contributed by atoms with Crippen LogP contribution in [0.1, 0.15) is 13.8 Å². The third-order valence-electron chi connectivity index (χ3n) is 1.15. The molecular formula is C4H7F3O2S. The lowest BCUT2D eigenvalue weighted by molar-refractivity contribution is 0.106. The average Bonchev–Trinajstić information content (AvgIpc) is 1.62. The van der Waals surface area contributed by atoms with Crippen molar-refractivity contribution in [1.29, 1.82) is 0 Å². The minimum absolute atomic E-state index is 0.632. The SMILES string of the molecule is CC(C)(C(F)F)S(=O)(=O)F. The molecule has 0 aromatic heterocycles. The zero-order valence-electron chi connectivity index (χ0n) is 5.44. The van der Waals surface area contributed by atoms with E-state index < -0.39 is 21.4 Å². The Labute approximate surface area is 57.3 Å². The predicted molar refractivity (Wildman–Crippen MR) is 30.1 cm³/mol. The maximum atomic E-state index is 11.9. The van der Waals surface area contributed by atoms with Crippen molar-refractivity contribution >= 4 is 10.2 Å². The fraction of sp³-hybridized carbons (Fsp3) is 1.00. The van der Waals surface area contributed by atoms with Gasteiger partial charge in [0, 0.05) is 0 Å². The minimum Gasteiger partial charge on any atom is -0.209 e. The van der Waals surface area contributed by atoms with E-state index >= 15 is 0 Å². The first-order valence-corrected chi connectivity index (χ1v) is 3.80. The van der Waals surface area contributed by atoms with Crippen LogP contribution in [0.3, 0.4) is 0 Å². The Balaban J connectivity index is 4.76. The number of hydrogen-bond donors (Lipinski definition) is 0. The fourth-order valence-electron chi connectivity index (χ4n) is 0.106. The Bertz CT molecular complexity index is 207. The highest BCUT2D eigenvalue weighted by Crippen LogP contribution is 2.25. The van der Waals surface area contributed by atoms with E-state index in [2.05, 4.69) is 0 Å². The molecule has 0 aliphatic rings. The van der Waals surface area contributed by atoms with Crippen LogP contribution >= 0.6 is 0 Å². The lowest BCUT2D eigenvalue weighted by Gasteiger charge is -2.17. The van der Waals surface area contributed by atoms with E-state index in [0.717, 1.165) is 0 Å². The van der Waals surface area contributed by atoms with Gasteiger partial charge in [-0.3, -0.25) is 0 Å². The highest BCUT2D eigenvalue weighted by Gasteiger charge is 2.43. The molecule has 0 unspecified atom stereocenters.